The van der Waals surface area contributed by atoms with Crippen molar-refractivity contribution >= 4 is 0 Å². The Morgan fingerprint density at radius 2 is 1.93 bits per heavy atom. The zero-order chi connectivity index (χ0) is 10.8. The Morgan fingerprint density at radius 3 is 2.60 bits per heavy atom. The van der Waals surface area contributed by atoms with Crippen LogP contribution in [0.15, 0.2) is 11.6 Å². The molecule has 4 rings (SSSR count). The fourth-order valence-corrected chi connectivity index (χ4v) is 5.25. The highest BCUT2D eigenvalue weighted by Gasteiger charge is 2.64. The van der Waals surface area contributed by atoms with Gasteiger partial charge in [0.1, 0.15) is 0 Å². The van der Waals surface area contributed by atoms with Crippen LogP contribution >= 0.6 is 0 Å². The molecule has 0 aromatic rings. The number of hydrogen-bond acceptors (Lipinski definition) is 0. The minimum Gasteiger partial charge on any atom is -0.0850 e. The summed E-state index contributed by atoms with van der Waals surface area (Å²) in [7, 11) is 0. The highest BCUT2D eigenvalue weighted by Crippen LogP contribution is 2.72. The molecule has 0 nitrogen and oxygen atoms in total. The van der Waals surface area contributed by atoms with E-state index in [2.05, 4.69) is 33.8 Å². The number of fused-ring (bicyclic) bond motifs is 1. The van der Waals surface area contributed by atoms with Gasteiger partial charge in [-0.2, -0.15) is 0 Å². The number of rotatable bonds is 0. The van der Waals surface area contributed by atoms with Gasteiger partial charge in [-0.1, -0.05) is 38.8 Å². The first-order chi connectivity index (χ1) is 6.97. The predicted molar refractivity (Wildman–Crippen MR) is 64.6 cm³/mol. The van der Waals surface area contributed by atoms with E-state index < -0.39 is 0 Å². The first kappa shape index (κ1) is 9.93. The normalized spacial score (nSPS) is 51.5. The maximum absolute atomic E-state index is 2.57. The Hall–Kier alpha value is -0.260. The summed E-state index contributed by atoms with van der Waals surface area (Å²) in [6.07, 6.45) is 8.28. The second-order valence-corrected chi connectivity index (χ2v) is 7.14. The van der Waals surface area contributed by atoms with Crippen LogP contribution in [0, 0.1) is 28.6 Å². The molecule has 84 valence electrons. The van der Waals surface area contributed by atoms with Crippen molar-refractivity contribution in [3.05, 3.63) is 11.6 Å². The van der Waals surface area contributed by atoms with Crippen LogP contribution < -0.4 is 0 Å². The van der Waals surface area contributed by atoms with E-state index in [-0.39, 0.29) is 0 Å². The molecule has 4 bridgehead atoms. The summed E-state index contributed by atoms with van der Waals surface area (Å²) in [5.74, 6) is 2.92. The van der Waals surface area contributed by atoms with E-state index >= 15 is 0 Å². The molecule has 0 aromatic heterocycles. The molecule has 2 fully saturated rings. The zero-order valence-corrected chi connectivity index (χ0v) is 10.6. The molecule has 4 aliphatic rings. The SMILES string of the molecule is CC1=CC[C@@H]2[C@H]3C1[C@]2(C)CCCC3(C)C. The summed E-state index contributed by atoms with van der Waals surface area (Å²) in [5, 5.41) is 0. The van der Waals surface area contributed by atoms with Crippen molar-refractivity contribution in [1.29, 1.82) is 0 Å². The highest BCUT2D eigenvalue weighted by atomic mass is 14.7. The molecular formula is C15H24. The maximum atomic E-state index is 2.57. The van der Waals surface area contributed by atoms with Crippen molar-refractivity contribution in [3.63, 3.8) is 0 Å². The van der Waals surface area contributed by atoms with E-state index in [1.54, 1.807) is 5.57 Å². The summed E-state index contributed by atoms with van der Waals surface area (Å²) in [6.45, 7) is 9.98. The smallest absolute Gasteiger partial charge is 0.0113 e. The van der Waals surface area contributed by atoms with Crippen LogP contribution in [0.1, 0.15) is 53.4 Å². The summed E-state index contributed by atoms with van der Waals surface area (Å²) >= 11 is 0. The predicted octanol–water partition coefficient (Wildman–Crippen LogP) is 4.42. The molecule has 0 spiro atoms. The Morgan fingerprint density at radius 1 is 1.20 bits per heavy atom. The molecule has 0 saturated heterocycles. The quantitative estimate of drug-likeness (QED) is 0.513. The summed E-state index contributed by atoms with van der Waals surface area (Å²) in [6, 6.07) is 0. The molecule has 0 heterocycles. The third kappa shape index (κ3) is 1.04. The fraction of sp³-hybridized carbons (Fsp3) is 0.867. The lowest BCUT2D eigenvalue weighted by atomic mass is 9.38. The van der Waals surface area contributed by atoms with Gasteiger partial charge in [-0.3, -0.25) is 0 Å². The largest absolute Gasteiger partial charge is 0.0850 e. The van der Waals surface area contributed by atoms with Crippen LogP contribution in [0.5, 0.6) is 0 Å². The van der Waals surface area contributed by atoms with Gasteiger partial charge in [-0.05, 0) is 54.8 Å². The van der Waals surface area contributed by atoms with Gasteiger partial charge in [-0.15, -0.1) is 0 Å². The van der Waals surface area contributed by atoms with E-state index in [1.807, 2.05) is 0 Å². The summed E-state index contributed by atoms with van der Waals surface area (Å²) in [4.78, 5) is 0. The van der Waals surface area contributed by atoms with E-state index in [9.17, 15) is 0 Å². The molecule has 1 unspecified atom stereocenters. The second-order valence-electron chi connectivity index (χ2n) is 7.14. The lowest BCUT2D eigenvalue weighted by Crippen LogP contribution is -2.60. The van der Waals surface area contributed by atoms with Crippen LogP contribution in [0.2, 0.25) is 0 Å². The lowest BCUT2D eigenvalue weighted by molar-refractivity contribution is -0.138. The first-order valence-electron chi connectivity index (χ1n) is 6.63. The Balaban J connectivity index is 2.06. The van der Waals surface area contributed by atoms with Crippen LogP contribution in [-0.2, 0) is 0 Å². The van der Waals surface area contributed by atoms with E-state index in [0.29, 0.717) is 10.8 Å². The first-order valence-corrected chi connectivity index (χ1v) is 6.63. The average molecular weight is 204 g/mol. The van der Waals surface area contributed by atoms with Crippen molar-refractivity contribution < 1.29 is 0 Å². The molecule has 0 heteroatoms. The molecule has 2 saturated carbocycles. The van der Waals surface area contributed by atoms with Crippen molar-refractivity contribution in [2.45, 2.75) is 53.4 Å². The minimum atomic E-state index is 0.598. The van der Waals surface area contributed by atoms with Gasteiger partial charge in [0.25, 0.3) is 0 Å². The van der Waals surface area contributed by atoms with E-state index in [1.165, 1.54) is 25.7 Å². The topological polar surface area (TPSA) is 0 Å². The van der Waals surface area contributed by atoms with Gasteiger partial charge >= 0.3 is 0 Å². The minimum absolute atomic E-state index is 0.598. The van der Waals surface area contributed by atoms with Gasteiger partial charge in [-0.25, -0.2) is 0 Å². The Kier molecular flexibility index (Phi) is 1.79. The molecular weight excluding hydrogens is 180 g/mol. The fourth-order valence-electron chi connectivity index (χ4n) is 5.25. The molecule has 0 radical (unpaired) electrons. The van der Waals surface area contributed by atoms with Crippen molar-refractivity contribution in [2.75, 3.05) is 0 Å². The van der Waals surface area contributed by atoms with Crippen molar-refractivity contribution in [2.24, 2.45) is 28.6 Å². The molecule has 0 aromatic carbocycles. The van der Waals surface area contributed by atoms with E-state index in [0.717, 1.165) is 17.8 Å². The molecule has 0 amide bonds. The van der Waals surface area contributed by atoms with Gasteiger partial charge in [0.05, 0.1) is 0 Å². The van der Waals surface area contributed by atoms with Gasteiger partial charge in [0, 0.05) is 0 Å². The summed E-state index contributed by atoms with van der Waals surface area (Å²) < 4.78 is 0. The molecule has 0 N–H and O–H groups in total. The monoisotopic (exact) mass is 204 g/mol. The third-order valence-corrected chi connectivity index (χ3v) is 5.97. The Labute approximate surface area is 94.1 Å². The molecule has 4 atom stereocenters. The zero-order valence-electron chi connectivity index (χ0n) is 10.6. The molecule has 15 heavy (non-hydrogen) atoms. The van der Waals surface area contributed by atoms with Gasteiger partial charge in [0.15, 0.2) is 0 Å². The van der Waals surface area contributed by atoms with Crippen molar-refractivity contribution in [3.8, 4) is 0 Å². The molecule has 4 aliphatic carbocycles. The van der Waals surface area contributed by atoms with Crippen LogP contribution in [0.4, 0.5) is 0 Å². The van der Waals surface area contributed by atoms with Gasteiger partial charge < -0.3 is 0 Å². The second kappa shape index (κ2) is 2.70. The van der Waals surface area contributed by atoms with Crippen LogP contribution in [0.3, 0.4) is 0 Å². The van der Waals surface area contributed by atoms with Crippen LogP contribution in [0.25, 0.3) is 0 Å². The maximum Gasteiger partial charge on any atom is -0.0113 e. The van der Waals surface area contributed by atoms with Crippen LogP contribution in [-0.4, -0.2) is 0 Å². The Bertz CT molecular complexity index is 323. The third-order valence-electron chi connectivity index (χ3n) is 5.97. The standard InChI is InChI=1S/C15H24/c1-10-6-7-11-13-12(10)15(11,4)9-5-8-14(13,2)3/h6,11-13H,5,7-9H2,1-4H3/t11-,12?,13+,15-/m1/s1. The van der Waals surface area contributed by atoms with E-state index in [4.69, 9.17) is 0 Å². The lowest BCUT2D eigenvalue weighted by Gasteiger charge is -2.66. The van der Waals surface area contributed by atoms with Crippen molar-refractivity contribution in [1.82, 2.24) is 0 Å². The van der Waals surface area contributed by atoms with Gasteiger partial charge in [0.2, 0.25) is 0 Å². The molecule has 0 aliphatic heterocycles. The number of hydrogen-bond donors (Lipinski definition) is 0. The average Bonchev–Trinajstić information content (AvgIpc) is 2.30. The number of allylic oxidation sites excluding steroid dienone is 2. The highest BCUT2D eigenvalue weighted by molar-refractivity contribution is 5.28. The summed E-state index contributed by atoms with van der Waals surface area (Å²) in [5.41, 5.74) is 2.98.